The minimum Gasteiger partial charge on any atom is -0.459 e. The van der Waals surface area contributed by atoms with Crippen molar-refractivity contribution in [2.24, 2.45) is 5.92 Å². The fourth-order valence-electron chi connectivity index (χ4n) is 1.91. The molecule has 0 saturated heterocycles. The van der Waals surface area contributed by atoms with Crippen LogP contribution in [0.25, 0.3) is 0 Å². The topological polar surface area (TPSA) is 71.3 Å². The van der Waals surface area contributed by atoms with Crippen molar-refractivity contribution in [3.63, 3.8) is 0 Å². The van der Waals surface area contributed by atoms with E-state index in [1.54, 1.807) is 23.5 Å². The average Bonchev–Trinajstić information content (AvgIpc) is 3.13. The lowest BCUT2D eigenvalue weighted by Gasteiger charge is -2.21. The Morgan fingerprint density at radius 1 is 1.29 bits per heavy atom. The van der Waals surface area contributed by atoms with Gasteiger partial charge in [-0.05, 0) is 29.5 Å². The number of furan rings is 1. The summed E-state index contributed by atoms with van der Waals surface area (Å²) in [6, 6.07) is 7.09. The van der Waals surface area contributed by atoms with E-state index in [1.807, 2.05) is 31.4 Å². The molecule has 0 aliphatic carbocycles. The summed E-state index contributed by atoms with van der Waals surface area (Å²) >= 11 is 1.61. The Bertz CT molecular complexity index is 576. The summed E-state index contributed by atoms with van der Waals surface area (Å²) in [6.07, 6.45) is 1.42. The molecule has 0 saturated carbocycles. The van der Waals surface area contributed by atoms with E-state index in [1.165, 1.54) is 6.26 Å². The van der Waals surface area contributed by atoms with Crippen LogP contribution in [0.2, 0.25) is 0 Å². The zero-order valence-electron chi connectivity index (χ0n) is 12.0. The lowest BCUT2D eigenvalue weighted by molar-refractivity contribution is -0.121. The Balaban J connectivity index is 1.87. The lowest BCUT2D eigenvalue weighted by Crippen LogP contribution is -2.39. The van der Waals surface area contributed by atoms with Crippen LogP contribution < -0.4 is 10.6 Å². The molecule has 5 nitrogen and oxygen atoms in total. The molecule has 0 aromatic carbocycles. The zero-order chi connectivity index (χ0) is 15.2. The first-order valence-corrected chi connectivity index (χ1v) is 7.60. The first-order chi connectivity index (χ1) is 10.1. The summed E-state index contributed by atoms with van der Waals surface area (Å²) in [5.41, 5.74) is 0. The number of carbonyl (C=O) groups excluding carboxylic acids is 2. The number of amides is 2. The molecular formula is C15H18N2O3S. The van der Waals surface area contributed by atoms with Gasteiger partial charge in [-0.3, -0.25) is 9.59 Å². The maximum absolute atomic E-state index is 12.0. The van der Waals surface area contributed by atoms with Gasteiger partial charge < -0.3 is 15.1 Å². The standard InChI is InChI=1S/C15H18N2O3S/c1-10(2)14(12-6-4-8-21-12)17-13(18)9-16-15(19)11-5-3-7-20-11/h3-8,10,14H,9H2,1-2H3,(H,16,19)(H,17,18). The second-order valence-electron chi connectivity index (χ2n) is 4.96. The highest BCUT2D eigenvalue weighted by Gasteiger charge is 2.19. The van der Waals surface area contributed by atoms with Crippen molar-refractivity contribution in [1.29, 1.82) is 0 Å². The van der Waals surface area contributed by atoms with Crippen LogP contribution in [0.1, 0.15) is 35.3 Å². The quantitative estimate of drug-likeness (QED) is 0.861. The molecule has 0 spiro atoms. The van der Waals surface area contributed by atoms with Crippen LogP contribution in [0.3, 0.4) is 0 Å². The minimum atomic E-state index is -0.396. The number of hydrogen-bond acceptors (Lipinski definition) is 4. The van der Waals surface area contributed by atoms with Gasteiger partial charge in [-0.25, -0.2) is 0 Å². The van der Waals surface area contributed by atoms with Crippen LogP contribution in [0, 0.1) is 5.92 Å². The molecule has 1 atom stereocenters. The molecule has 2 aromatic heterocycles. The maximum atomic E-state index is 12.0. The summed E-state index contributed by atoms with van der Waals surface area (Å²) in [7, 11) is 0. The van der Waals surface area contributed by atoms with E-state index >= 15 is 0 Å². The third-order valence-electron chi connectivity index (χ3n) is 2.99. The second kappa shape index (κ2) is 7.08. The van der Waals surface area contributed by atoms with Gasteiger partial charge in [-0.1, -0.05) is 19.9 Å². The van der Waals surface area contributed by atoms with Crippen LogP contribution in [0.5, 0.6) is 0 Å². The van der Waals surface area contributed by atoms with Crippen LogP contribution in [0.15, 0.2) is 40.3 Å². The Morgan fingerprint density at radius 2 is 2.10 bits per heavy atom. The molecule has 2 rings (SSSR count). The molecule has 0 aliphatic rings. The SMILES string of the molecule is CC(C)C(NC(=O)CNC(=O)c1ccco1)c1cccs1. The van der Waals surface area contributed by atoms with Gasteiger partial charge in [-0.15, -0.1) is 11.3 Å². The summed E-state index contributed by atoms with van der Waals surface area (Å²) in [6.45, 7) is 4.02. The van der Waals surface area contributed by atoms with Crippen molar-refractivity contribution >= 4 is 23.2 Å². The van der Waals surface area contributed by atoms with Gasteiger partial charge in [0.25, 0.3) is 5.91 Å². The fourth-order valence-corrected chi connectivity index (χ4v) is 2.86. The van der Waals surface area contributed by atoms with Gasteiger partial charge >= 0.3 is 0 Å². The normalized spacial score (nSPS) is 12.1. The number of carbonyl (C=O) groups is 2. The lowest BCUT2D eigenvalue weighted by atomic mass is 10.0. The van der Waals surface area contributed by atoms with Gasteiger partial charge in [0.05, 0.1) is 18.8 Å². The van der Waals surface area contributed by atoms with Gasteiger partial charge in [0.2, 0.25) is 5.91 Å². The molecule has 2 aromatic rings. The van der Waals surface area contributed by atoms with Crippen molar-refractivity contribution in [2.45, 2.75) is 19.9 Å². The van der Waals surface area contributed by atoms with Crippen molar-refractivity contribution < 1.29 is 14.0 Å². The zero-order valence-corrected chi connectivity index (χ0v) is 12.8. The van der Waals surface area contributed by atoms with Gasteiger partial charge in [-0.2, -0.15) is 0 Å². The highest BCUT2D eigenvalue weighted by atomic mass is 32.1. The van der Waals surface area contributed by atoms with Crippen LogP contribution in [0.4, 0.5) is 0 Å². The molecular weight excluding hydrogens is 288 g/mol. The summed E-state index contributed by atoms with van der Waals surface area (Å²) in [5, 5.41) is 7.46. The van der Waals surface area contributed by atoms with Crippen molar-refractivity contribution in [1.82, 2.24) is 10.6 Å². The minimum absolute atomic E-state index is 0.0435. The van der Waals surface area contributed by atoms with Gasteiger partial charge in [0.1, 0.15) is 0 Å². The first-order valence-electron chi connectivity index (χ1n) is 6.72. The van der Waals surface area contributed by atoms with Gasteiger partial charge in [0, 0.05) is 4.88 Å². The number of nitrogens with one attached hydrogen (secondary N) is 2. The Hall–Kier alpha value is -2.08. The van der Waals surface area contributed by atoms with Crippen molar-refractivity contribution in [2.75, 3.05) is 6.54 Å². The van der Waals surface area contributed by atoms with Crippen LogP contribution in [-0.2, 0) is 4.79 Å². The second-order valence-corrected chi connectivity index (χ2v) is 5.94. The molecule has 1 unspecified atom stereocenters. The third-order valence-corrected chi connectivity index (χ3v) is 3.94. The van der Waals surface area contributed by atoms with E-state index < -0.39 is 5.91 Å². The Kier molecular flexibility index (Phi) is 5.16. The smallest absolute Gasteiger partial charge is 0.287 e. The predicted octanol–water partition coefficient (Wildman–Crippen LogP) is 2.58. The molecule has 2 heterocycles. The van der Waals surface area contributed by atoms with Crippen LogP contribution in [-0.4, -0.2) is 18.4 Å². The first kappa shape index (κ1) is 15.3. The molecule has 0 bridgehead atoms. The maximum Gasteiger partial charge on any atom is 0.287 e. The van der Waals surface area contributed by atoms with E-state index in [0.29, 0.717) is 0 Å². The number of thiophene rings is 1. The Labute approximate surface area is 127 Å². The molecule has 6 heteroatoms. The van der Waals surface area contributed by atoms with Gasteiger partial charge in [0.15, 0.2) is 5.76 Å². The summed E-state index contributed by atoms with van der Waals surface area (Å²) < 4.78 is 4.96. The molecule has 0 radical (unpaired) electrons. The third kappa shape index (κ3) is 4.19. The fraction of sp³-hybridized carbons (Fsp3) is 0.333. The predicted molar refractivity (Wildman–Crippen MR) is 81.1 cm³/mol. The molecule has 112 valence electrons. The summed E-state index contributed by atoms with van der Waals surface area (Å²) in [5.74, 6) is -0.149. The van der Waals surface area contributed by atoms with Crippen LogP contribution >= 0.6 is 11.3 Å². The molecule has 2 N–H and O–H groups in total. The molecule has 2 amide bonds. The van der Waals surface area contributed by atoms with E-state index in [4.69, 9.17) is 4.42 Å². The van der Waals surface area contributed by atoms with Crippen molar-refractivity contribution in [3.8, 4) is 0 Å². The van der Waals surface area contributed by atoms with Crippen molar-refractivity contribution in [3.05, 3.63) is 46.5 Å². The molecule has 21 heavy (non-hydrogen) atoms. The number of rotatable bonds is 6. The average molecular weight is 306 g/mol. The number of hydrogen-bond donors (Lipinski definition) is 2. The van der Waals surface area contributed by atoms with E-state index in [0.717, 1.165) is 4.88 Å². The largest absolute Gasteiger partial charge is 0.459 e. The highest BCUT2D eigenvalue weighted by molar-refractivity contribution is 7.10. The van der Waals surface area contributed by atoms with E-state index in [-0.39, 0.29) is 30.2 Å². The van der Waals surface area contributed by atoms with E-state index in [9.17, 15) is 9.59 Å². The van der Waals surface area contributed by atoms with E-state index in [2.05, 4.69) is 10.6 Å². The molecule has 0 aliphatic heterocycles. The molecule has 0 fully saturated rings. The summed E-state index contributed by atoms with van der Waals surface area (Å²) in [4.78, 5) is 24.8. The Morgan fingerprint density at radius 3 is 2.67 bits per heavy atom. The highest BCUT2D eigenvalue weighted by Crippen LogP contribution is 2.25. The monoisotopic (exact) mass is 306 g/mol.